The molecular formula is C14H19N3O4. The Hall–Kier alpha value is -2.15. The van der Waals surface area contributed by atoms with Gasteiger partial charge >= 0.3 is 0 Å². The molecule has 1 aliphatic heterocycles. The number of nitrogens with zero attached hydrogens (tertiary/aromatic N) is 2. The Kier molecular flexibility index (Phi) is 4.13. The van der Waals surface area contributed by atoms with Crippen molar-refractivity contribution in [2.24, 2.45) is 0 Å². The van der Waals surface area contributed by atoms with Crippen LogP contribution in [0.2, 0.25) is 0 Å². The predicted molar refractivity (Wildman–Crippen MR) is 78.4 cm³/mol. The van der Waals surface area contributed by atoms with E-state index in [9.17, 15) is 20.0 Å². The van der Waals surface area contributed by atoms with Crippen molar-refractivity contribution >= 4 is 17.3 Å². The molecule has 0 atom stereocenters. The van der Waals surface area contributed by atoms with Crippen LogP contribution in [-0.2, 0) is 0 Å². The number of nitro benzene ring substituents is 1. The van der Waals surface area contributed by atoms with E-state index in [4.69, 9.17) is 0 Å². The molecule has 1 amide bonds. The SMILES string of the molecule is CNc1ccc(C(=O)N2CCC(C)(O)CC2)cc1[N+](=O)[O-]. The lowest BCUT2D eigenvalue weighted by atomic mass is 9.93. The zero-order valence-electron chi connectivity index (χ0n) is 12.1. The van der Waals surface area contributed by atoms with Gasteiger partial charge in [0, 0.05) is 31.8 Å². The first-order chi connectivity index (χ1) is 9.84. The Morgan fingerprint density at radius 2 is 2.05 bits per heavy atom. The normalized spacial score (nSPS) is 17.4. The van der Waals surface area contributed by atoms with Gasteiger partial charge in [-0.15, -0.1) is 0 Å². The van der Waals surface area contributed by atoms with Gasteiger partial charge in [0.05, 0.1) is 10.5 Å². The molecule has 1 aliphatic rings. The number of nitrogens with one attached hydrogen (secondary N) is 1. The van der Waals surface area contributed by atoms with Crippen molar-refractivity contribution in [3.63, 3.8) is 0 Å². The maximum absolute atomic E-state index is 12.4. The Morgan fingerprint density at radius 3 is 2.57 bits per heavy atom. The minimum Gasteiger partial charge on any atom is -0.390 e. The van der Waals surface area contributed by atoms with E-state index in [1.165, 1.54) is 12.1 Å². The second-order valence-corrected chi connectivity index (χ2v) is 5.53. The molecule has 114 valence electrons. The van der Waals surface area contributed by atoms with Crippen LogP contribution in [0.15, 0.2) is 18.2 Å². The molecule has 21 heavy (non-hydrogen) atoms. The summed E-state index contributed by atoms with van der Waals surface area (Å²) in [5.41, 5.74) is -0.189. The number of carbonyl (C=O) groups excluding carboxylic acids is 1. The Bertz CT molecular complexity index is 561. The van der Waals surface area contributed by atoms with Gasteiger partial charge in [-0.2, -0.15) is 0 Å². The summed E-state index contributed by atoms with van der Waals surface area (Å²) in [4.78, 5) is 24.5. The second-order valence-electron chi connectivity index (χ2n) is 5.53. The molecule has 7 heteroatoms. The number of aliphatic hydroxyl groups is 1. The molecule has 0 unspecified atom stereocenters. The van der Waals surface area contributed by atoms with E-state index in [-0.39, 0.29) is 11.6 Å². The van der Waals surface area contributed by atoms with Crippen molar-refractivity contribution in [2.45, 2.75) is 25.4 Å². The maximum Gasteiger partial charge on any atom is 0.293 e. The first-order valence-electron chi connectivity index (χ1n) is 6.82. The molecule has 1 fully saturated rings. The lowest BCUT2D eigenvalue weighted by Crippen LogP contribution is -2.45. The number of anilines is 1. The lowest BCUT2D eigenvalue weighted by molar-refractivity contribution is -0.384. The van der Waals surface area contributed by atoms with Gasteiger partial charge in [0.25, 0.3) is 11.6 Å². The van der Waals surface area contributed by atoms with Crippen LogP contribution in [0.25, 0.3) is 0 Å². The number of benzene rings is 1. The number of rotatable bonds is 3. The van der Waals surface area contributed by atoms with Crippen molar-refractivity contribution in [3.05, 3.63) is 33.9 Å². The molecule has 2 N–H and O–H groups in total. The van der Waals surface area contributed by atoms with Crippen molar-refractivity contribution in [2.75, 3.05) is 25.5 Å². The molecule has 0 aliphatic carbocycles. The zero-order chi connectivity index (χ0) is 15.6. The number of amides is 1. The molecule has 7 nitrogen and oxygen atoms in total. The van der Waals surface area contributed by atoms with Crippen LogP contribution < -0.4 is 5.32 Å². The first-order valence-corrected chi connectivity index (χ1v) is 6.82. The molecule has 1 saturated heterocycles. The first kappa shape index (κ1) is 15.2. The van der Waals surface area contributed by atoms with E-state index >= 15 is 0 Å². The number of hydrogen-bond acceptors (Lipinski definition) is 5. The molecule has 0 saturated carbocycles. The Labute approximate surface area is 122 Å². The van der Waals surface area contributed by atoms with Gasteiger partial charge in [-0.25, -0.2) is 0 Å². The van der Waals surface area contributed by atoms with Gasteiger partial charge in [-0.1, -0.05) is 0 Å². The Balaban J connectivity index is 2.20. The molecule has 0 radical (unpaired) electrons. The third kappa shape index (κ3) is 3.30. The lowest BCUT2D eigenvalue weighted by Gasteiger charge is -2.35. The summed E-state index contributed by atoms with van der Waals surface area (Å²) in [5, 5.41) is 23.7. The number of carbonyl (C=O) groups is 1. The van der Waals surface area contributed by atoms with E-state index in [0.29, 0.717) is 37.2 Å². The number of nitro groups is 1. The third-order valence-corrected chi connectivity index (χ3v) is 3.84. The smallest absolute Gasteiger partial charge is 0.293 e. The summed E-state index contributed by atoms with van der Waals surface area (Å²) in [6.45, 7) is 2.65. The molecular weight excluding hydrogens is 274 g/mol. The summed E-state index contributed by atoms with van der Waals surface area (Å²) in [5.74, 6) is -0.240. The fraction of sp³-hybridized carbons (Fsp3) is 0.500. The summed E-state index contributed by atoms with van der Waals surface area (Å²) < 4.78 is 0. The number of hydrogen-bond donors (Lipinski definition) is 2. The van der Waals surface area contributed by atoms with Crippen LogP contribution in [-0.4, -0.2) is 46.6 Å². The van der Waals surface area contributed by atoms with Crippen LogP contribution >= 0.6 is 0 Å². The van der Waals surface area contributed by atoms with Gasteiger partial charge in [0.1, 0.15) is 5.69 Å². The zero-order valence-corrected chi connectivity index (χ0v) is 12.1. The number of likely N-dealkylation sites (tertiary alicyclic amines) is 1. The fourth-order valence-corrected chi connectivity index (χ4v) is 2.40. The van der Waals surface area contributed by atoms with E-state index in [2.05, 4.69) is 5.32 Å². The van der Waals surface area contributed by atoms with Crippen LogP contribution in [0, 0.1) is 10.1 Å². The van der Waals surface area contributed by atoms with Crippen LogP contribution in [0.3, 0.4) is 0 Å². The summed E-state index contributed by atoms with van der Waals surface area (Å²) in [6.07, 6.45) is 1.02. The highest BCUT2D eigenvalue weighted by atomic mass is 16.6. The van der Waals surface area contributed by atoms with Crippen molar-refractivity contribution in [3.8, 4) is 0 Å². The van der Waals surface area contributed by atoms with E-state index in [1.54, 1.807) is 24.9 Å². The van der Waals surface area contributed by atoms with Crippen molar-refractivity contribution in [1.29, 1.82) is 0 Å². The molecule has 2 rings (SSSR count). The van der Waals surface area contributed by atoms with Gasteiger partial charge in [0.2, 0.25) is 0 Å². The van der Waals surface area contributed by atoms with Crippen LogP contribution in [0.5, 0.6) is 0 Å². The summed E-state index contributed by atoms with van der Waals surface area (Å²) in [6, 6.07) is 4.40. The molecule has 0 aromatic heterocycles. The predicted octanol–water partition coefficient (Wildman–Crippen LogP) is 1.62. The molecule has 1 aromatic carbocycles. The largest absolute Gasteiger partial charge is 0.390 e. The molecule has 1 heterocycles. The van der Waals surface area contributed by atoms with Gasteiger partial charge in [-0.05, 0) is 31.9 Å². The van der Waals surface area contributed by atoms with Crippen molar-refractivity contribution in [1.82, 2.24) is 4.90 Å². The van der Waals surface area contributed by atoms with Crippen LogP contribution in [0.4, 0.5) is 11.4 Å². The van der Waals surface area contributed by atoms with Gasteiger partial charge in [0.15, 0.2) is 0 Å². The summed E-state index contributed by atoms with van der Waals surface area (Å²) >= 11 is 0. The molecule has 0 bridgehead atoms. The average molecular weight is 293 g/mol. The minimum absolute atomic E-state index is 0.118. The van der Waals surface area contributed by atoms with E-state index in [0.717, 1.165) is 0 Å². The highest BCUT2D eigenvalue weighted by molar-refractivity contribution is 5.95. The maximum atomic E-state index is 12.4. The monoisotopic (exact) mass is 293 g/mol. The Morgan fingerprint density at radius 1 is 1.43 bits per heavy atom. The highest BCUT2D eigenvalue weighted by Gasteiger charge is 2.30. The van der Waals surface area contributed by atoms with E-state index < -0.39 is 10.5 Å². The second kappa shape index (κ2) is 5.69. The minimum atomic E-state index is -0.737. The quantitative estimate of drug-likeness (QED) is 0.652. The van der Waals surface area contributed by atoms with Crippen LogP contribution in [0.1, 0.15) is 30.1 Å². The fourth-order valence-electron chi connectivity index (χ4n) is 2.40. The van der Waals surface area contributed by atoms with Crippen molar-refractivity contribution < 1.29 is 14.8 Å². The standard InChI is InChI=1S/C14H19N3O4/c1-14(19)5-7-16(8-6-14)13(18)10-3-4-11(15-2)12(9-10)17(20)21/h3-4,9,15,19H,5-8H2,1-2H3. The molecule has 1 aromatic rings. The average Bonchev–Trinajstić information content (AvgIpc) is 2.45. The van der Waals surface area contributed by atoms with Gasteiger partial charge < -0.3 is 15.3 Å². The topological polar surface area (TPSA) is 95.7 Å². The van der Waals surface area contributed by atoms with Gasteiger partial charge in [-0.3, -0.25) is 14.9 Å². The summed E-state index contributed by atoms with van der Waals surface area (Å²) in [7, 11) is 1.59. The van der Waals surface area contributed by atoms with E-state index in [1.807, 2.05) is 0 Å². The molecule has 0 spiro atoms. The third-order valence-electron chi connectivity index (χ3n) is 3.84. The highest BCUT2D eigenvalue weighted by Crippen LogP contribution is 2.27. The number of piperidine rings is 1.